The van der Waals surface area contributed by atoms with Gasteiger partial charge in [-0.25, -0.2) is 22.0 Å². The minimum absolute atomic E-state index is 0.0392. The maximum Gasteiger partial charge on any atom is 0.319 e. The minimum atomic E-state index is -2.49. The molecule has 4 heterocycles. The van der Waals surface area contributed by atoms with E-state index in [2.05, 4.69) is 21.5 Å². The number of likely N-dealkylation sites (tertiary alicyclic amines) is 1. The van der Waals surface area contributed by atoms with Crippen LogP contribution in [0.1, 0.15) is 19.3 Å². The molecule has 8 nitrogen and oxygen atoms in total. The Morgan fingerprint density at radius 1 is 1.09 bits per heavy atom. The number of hydrogen-bond donors (Lipinski definition) is 0. The van der Waals surface area contributed by atoms with Gasteiger partial charge in [-0.05, 0) is 36.6 Å². The molecule has 14 heteroatoms. The third-order valence-electron chi connectivity index (χ3n) is 9.55. The number of rotatable bonds is 8. The fourth-order valence-electron chi connectivity index (χ4n) is 7.33. The van der Waals surface area contributed by atoms with Crippen molar-refractivity contribution in [2.75, 3.05) is 44.2 Å². The molecular formula is C33H30ClF5N6O2. The normalized spacial score (nSPS) is 21.4. The van der Waals surface area contributed by atoms with Crippen LogP contribution in [0.2, 0.25) is 5.02 Å². The lowest BCUT2D eigenvalue weighted by molar-refractivity contribution is -0.128. The molecular weight excluding hydrogens is 643 g/mol. The van der Waals surface area contributed by atoms with Crippen LogP contribution in [0.3, 0.4) is 0 Å². The Kier molecular flexibility index (Phi) is 8.37. The van der Waals surface area contributed by atoms with Crippen LogP contribution in [0.15, 0.2) is 48.9 Å². The molecule has 0 spiro atoms. The molecule has 47 heavy (non-hydrogen) atoms. The van der Waals surface area contributed by atoms with Gasteiger partial charge in [-0.15, -0.1) is 0 Å². The summed E-state index contributed by atoms with van der Waals surface area (Å²) in [5.74, 6) is -2.86. The monoisotopic (exact) mass is 672 g/mol. The van der Waals surface area contributed by atoms with Crippen LogP contribution in [0.25, 0.3) is 32.9 Å². The lowest BCUT2D eigenvalue weighted by Gasteiger charge is -2.36. The van der Waals surface area contributed by atoms with Gasteiger partial charge in [0, 0.05) is 55.4 Å². The highest BCUT2D eigenvalue weighted by Gasteiger charge is 2.46. The summed E-state index contributed by atoms with van der Waals surface area (Å²) in [5.41, 5.74) is 0.0315. The van der Waals surface area contributed by atoms with Gasteiger partial charge in [0.2, 0.25) is 0 Å². The topological polar surface area (TPSA) is 74.7 Å². The Balaban J connectivity index is 1.28. The average Bonchev–Trinajstić information content (AvgIpc) is 3.67. The van der Waals surface area contributed by atoms with Crippen molar-refractivity contribution < 1.29 is 31.5 Å². The largest absolute Gasteiger partial charge is 0.462 e. The number of pyridine rings is 1. The first kappa shape index (κ1) is 31.5. The summed E-state index contributed by atoms with van der Waals surface area (Å²) < 4.78 is 77.6. The molecule has 1 saturated carbocycles. The highest BCUT2D eigenvalue weighted by molar-refractivity contribution is 6.36. The van der Waals surface area contributed by atoms with Gasteiger partial charge in [-0.2, -0.15) is 9.97 Å². The first-order valence-corrected chi connectivity index (χ1v) is 15.8. The molecule has 1 aliphatic carbocycles. The van der Waals surface area contributed by atoms with Crippen molar-refractivity contribution in [2.24, 2.45) is 5.92 Å². The van der Waals surface area contributed by atoms with Crippen LogP contribution in [0.5, 0.6) is 6.01 Å². The number of benzene rings is 2. The number of anilines is 1. The number of hydrogen-bond acceptors (Lipinski definition) is 7. The third-order valence-corrected chi connectivity index (χ3v) is 9.92. The second-order valence-electron chi connectivity index (χ2n) is 12.2. The summed E-state index contributed by atoms with van der Waals surface area (Å²) in [6, 6.07) is 7.43. The molecule has 4 aromatic rings. The summed E-state index contributed by atoms with van der Waals surface area (Å²) >= 11 is 6.35. The van der Waals surface area contributed by atoms with Crippen molar-refractivity contribution in [3.63, 3.8) is 0 Å². The second kappa shape index (κ2) is 12.5. The van der Waals surface area contributed by atoms with Crippen LogP contribution in [0, 0.1) is 17.6 Å². The van der Waals surface area contributed by atoms with Crippen molar-refractivity contribution >= 4 is 45.0 Å². The lowest BCUT2D eigenvalue weighted by Crippen LogP contribution is -2.49. The molecule has 2 aromatic carbocycles. The number of halogens is 6. The number of alkyl halides is 2. The average molecular weight is 673 g/mol. The standard InChI is InChI=1S/C33H30ClF5N6O2/c1-17(35)32(46)44-11-9-43(10-12-44)31-22-14-40-29(21-4-2-3-18-6-8-23(36)27(34)26(18)21)28(39)30(22)41-33(42-31)47-16-24-19-5-7-20(13-19)45(24)15-25(37)38/h2-4,6,8,14,19-20,24-25H,1,5,7,9-13,15-16H2. The zero-order valence-corrected chi connectivity index (χ0v) is 25.9. The molecule has 3 unspecified atom stereocenters. The number of piperazine rings is 1. The Labute approximate surface area is 271 Å². The molecule has 1 amide bonds. The predicted octanol–water partition coefficient (Wildman–Crippen LogP) is 6.41. The van der Waals surface area contributed by atoms with E-state index in [0.717, 1.165) is 19.3 Å². The van der Waals surface area contributed by atoms with Crippen molar-refractivity contribution in [3.05, 3.63) is 65.6 Å². The van der Waals surface area contributed by atoms with E-state index in [0.29, 0.717) is 5.39 Å². The zero-order valence-electron chi connectivity index (χ0n) is 25.1. The van der Waals surface area contributed by atoms with Gasteiger partial charge in [-0.1, -0.05) is 42.4 Å². The molecule has 7 rings (SSSR count). The molecule has 2 aromatic heterocycles. The Morgan fingerprint density at radius 2 is 1.87 bits per heavy atom. The predicted molar refractivity (Wildman–Crippen MR) is 167 cm³/mol. The van der Waals surface area contributed by atoms with Crippen LogP contribution in [0.4, 0.5) is 27.8 Å². The summed E-state index contributed by atoms with van der Waals surface area (Å²) in [7, 11) is 0. The smallest absolute Gasteiger partial charge is 0.319 e. The van der Waals surface area contributed by atoms with E-state index >= 15 is 4.39 Å². The molecule has 0 N–H and O–H groups in total. The summed E-state index contributed by atoms with van der Waals surface area (Å²) in [5, 5.41) is 0.959. The highest BCUT2D eigenvalue weighted by Crippen LogP contribution is 2.43. The Hall–Kier alpha value is -4.10. The molecule has 246 valence electrons. The van der Waals surface area contributed by atoms with E-state index in [9.17, 15) is 22.4 Å². The van der Waals surface area contributed by atoms with Gasteiger partial charge >= 0.3 is 6.01 Å². The van der Waals surface area contributed by atoms with Gasteiger partial charge in [0.15, 0.2) is 11.6 Å². The maximum atomic E-state index is 16.6. The van der Waals surface area contributed by atoms with Crippen molar-refractivity contribution in [1.29, 1.82) is 0 Å². The van der Waals surface area contributed by atoms with Gasteiger partial charge in [0.1, 0.15) is 29.5 Å². The number of carbonyl (C=O) groups excluding carboxylic acids is 1. The number of amides is 1. The number of ether oxygens (including phenoxy) is 1. The van der Waals surface area contributed by atoms with Gasteiger partial charge in [0.25, 0.3) is 12.3 Å². The second-order valence-corrected chi connectivity index (χ2v) is 12.5. The van der Waals surface area contributed by atoms with Gasteiger partial charge in [-0.3, -0.25) is 14.7 Å². The number of aromatic nitrogens is 3. The molecule has 2 aliphatic heterocycles. The van der Waals surface area contributed by atoms with Gasteiger partial charge < -0.3 is 14.5 Å². The fraction of sp³-hybridized carbons (Fsp3) is 0.394. The number of carbonyl (C=O) groups is 1. The molecule has 2 saturated heterocycles. The SMILES string of the molecule is C=C(F)C(=O)N1CCN(c2nc(OCC3C4CCC(C4)N3CC(F)F)nc3c(F)c(-c4cccc5ccc(F)c(Cl)c45)ncc23)CC1. The molecule has 3 aliphatic rings. The summed E-state index contributed by atoms with van der Waals surface area (Å²) in [6.07, 6.45) is 1.51. The Morgan fingerprint density at radius 3 is 2.62 bits per heavy atom. The molecule has 0 radical (unpaired) electrons. The zero-order chi connectivity index (χ0) is 33.0. The van der Waals surface area contributed by atoms with Crippen LogP contribution >= 0.6 is 11.6 Å². The third kappa shape index (κ3) is 5.73. The van der Waals surface area contributed by atoms with Gasteiger partial charge in [0.05, 0.1) is 17.0 Å². The van der Waals surface area contributed by atoms with E-state index in [1.807, 2.05) is 0 Å². The summed E-state index contributed by atoms with van der Waals surface area (Å²) in [4.78, 5) is 30.5. The van der Waals surface area contributed by atoms with Crippen molar-refractivity contribution in [2.45, 2.75) is 37.8 Å². The van der Waals surface area contributed by atoms with E-state index in [1.165, 1.54) is 17.2 Å². The van der Waals surface area contributed by atoms with Crippen LogP contribution < -0.4 is 9.64 Å². The molecule has 3 fully saturated rings. The van der Waals surface area contributed by atoms with Crippen molar-refractivity contribution in [1.82, 2.24) is 24.8 Å². The lowest BCUT2D eigenvalue weighted by atomic mass is 9.99. The Bertz CT molecular complexity index is 1890. The van der Waals surface area contributed by atoms with Crippen LogP contribution in [-0.2, 0) is 4.79 Å². The summed E-state index contributed by atoms with van der Waals surface area (Å²) in [6.45, 7) is 3.56. The fourth-order valence-corrected chi connectivity index (χ4v) is 7.61. The van der Waals surface area contributed by atoms with E-state index < -0.39 is 29.8 Å². The number of piperidine rings is 1. The quantitative estimate of drug-likeness (QED) is 0.158. The number of fused-ring (bicyclic) bond motifs is 4. The molecule has 3 atom stereocenters. The van der Waals surface area contributed by atoms with Crippen molar-refractivity contribution in [3.8, 4) is 17.3 Å². The van der Waals surface area contributed by atoms with E-state index in [4.69, 9.17) is 16.3 Å². The minimum Gasteiger partial charge on any atom is -0.462 e. The molecule has 2 bridgehead atoms. The van der Waals surface area contributed by atoms with E-state index in [-0.39, 0.29) is 102 Å². The van der Waals surface area contributed by atoms with E-state index in [1.54, 1.807) is 34.1 Å². The van der Waals surface area contributed by atoms with Crippen LogP contribution in [-0.4, -0.2) is 88.5 Å². The maximum absolute atomic E-state index is 16.6. The first-order chi connectivity index (χ1) is 22.6. The highest BCUT2D eigenvalue weighted by atomic mass is 35.5. The number of nitrogens with zero attached hydrogens (tertiary/aromatic N) is 6. The first-order valence-electron chi connectivity index (χ1n) is 15.4.